The molecular weight excluding hydrogens is 268 g/mol. The highest BCUT2D eigenvalue weighted by molar-refractivity contribution is 7.99. The van der Waals surface area contributed by atoms with Crippen LogP contribution in [0.1, 0.15) is 26.7 Å². The van der Waals surface area contributed by atoms with Crippen LogP contribution in [0.3, 0.4) is 0 Å². The summed E-state index contributed by atoms with van der Waals surface area (Å²) in [5, 5.41) is 21.3. The quantitative estimate of drug-likeness (QED) is 0.628. The average molecular weight is 290 g/mol. The number of nitrogens with zero attached hydrogens (tertiary/aromatic N) is 1. The topological polar surface area (TPSA) is 89.9 Å². The first-order valence-electron chi connectivity index (χ1n) is 6.51. The molecule has 110 valence electrons. The third-order valence-electron chi connectivity index (χ3n) is 3.09. The minimum atomic E-state index is -1.07. The van der Waals surface area contributed by atoms with Crippen molar-refractivity contribution < 1.29 is 19.8 Å². The number of carbonyl (C=O) groups excluding carboxylic acids is 1. The number of nitrogens with one attached hydrogen (secondary N) is 1. The molecule has 7 heteroatoms. The Kier molecular flexibility index (Phi) is 6.44. The molecule has 2 amide bonds. The summed E-state index contributed by atoms with van der Waals surface area (Å²) >= 11 is 1.80. The van der Waals surface area contributed by atoms with Crippen molar-refractivity contribution in [3.05, 3.63) is 0 Å². The highest BCUT2D eigenvalue weighted by atomic mass is 32.2. The van der Waals surface area contributed by atoms with Gasteiger partial charge in [0.1, 0.15) is 6.04 Å². The van der Waals surface area contributed by atoms with E-state index in [9.17, 15) is 14.7 Å². The monoisotopic (exact) mass is 290 g/mol. The first kappa shape index (κ1) is 16.1. The van der Waals surface area contributed by atoms with E-state index < -0.39 is 24.1 Å². The molecular formula is C12H22N2O4S. The van der Waals surface area contributed by atoms with Crippen LogP contribution in [0.2, 0.25) is 0 Å². The summed E-state index contributed by atoms with van der Waals surface area (Å²) in [6.07, 6.45) is 0.194. The van der Waals surface area contributed by atoms with Crippen LogP contribution < -0.4 is 5.32 Å². The Hall–Kier alpha value is -0.950. The summed E-state index contributed by atoms with van der Waals surface area (Å²) in [4.78, 5) is 24.2. The predicted molar refractivity (Wildman–Crippen MR) is 74.4 cm³/mol. The number of hydrogen-bond acceptors (Lipinski definition) is 4. The Balaban J connectivity index is 2.45. The zero-order chi connectivity index (χ0) is 14.4. The number of hydrogen-bond donors (Lipinski definition) is 3. The number of aliphatic hydroxyl groups is 1. The van der Waals surface area contributed by atoms with Crippen molar-refractivity contribution in [2.24, 2.45) is 0 Å². The molecule has 1 rings (SSSR count). The Labute approximate surface area is 117 Å². The molecule has 1 fully saturated rings. The lowest BCUT2D eigenvalue weighted by Gasteiger charge is -2.24. The summed E-state index contributed by atoms with van der Waals surface area (Å²) in [6.45, 7) is 4.06. The average Bonchev–Trinajstić information content (AvgIpc) is 2.72. The molecule has 1 aliphatic heterocycles. The van der Waals surface area contributed by atoms with Crippen LogP contribution in [0.25, 0.3) is 0 Å². The predicted octanol–water partition coefficient (Wildman–Crippen LogP) is 0.747. The van der Waals surface area contributed by atoms with Crippen LogP contribution in [0, 0.1) is 0 Å². The maximum atomic E-state index is 12.0. The zero-order valence-electron chi connectivity index (χ0n) is 11.3. The van der Waals surface area contributed by atoms with Gasteiger partial charge in [0.25, 0.3) is 0 Å². The van der Waals surface area contributed by atoms with E-state index in [4.69, 9.17) is 5.11 Å². The van der Waals surface area contributed by atoms with Gasteiger partial charge in [-0.3, -0.25) is 0 Å². The van der Waals surface area contributed by atoms with E-state index in [2.05, 4.69) is 12.2 Å². The lowest BCUT2D eigenvalue weighted by atomic mass is 10.2. The summed E-state index contributed by atoms with van der Waals surface area (Å²) in [6, 6.07) is -1.33. The van der Waals surface area contributed by atoms with Crippen molar-refractivity contribution in [2.45, 2.75) is 44.9 Å². The number of rotatable bonds is 6. The summed E-state index contributed by atoms with van der Waals surface area (Å²) in [7, 11) is 0. The first-order valence-corrected chi connectivity index (χ1v) is 7.66. The molecule has 0 aromatic rings. The second-order valence-electron chi connectivity index (χ2n) is 4.73. The van der Waals surface area contributed by atoms with Gasteiger partial charge in [0.15, 0.2) is 0 Å². The largest absolute Gasteiger partial charge is 0.480 e. The molecule has 1 saturated heterocycles. The standard InChI is InChI=1S/C12H22N2O4S/c1-3-19-5-4-8(2)13-12(18)14-7-9(15)6-10(14)11(16)17/h8-10,15H,3-7H2,1-2H3,(H,13,18)(H,16,17)/t8?,9-,10-/m0/s1. The van der Waals surface area contributed by atoms with Gasteiger partial charge < -0.3 is 20.4 Å². The zero-order valence-corrected chi connectivity index (χ0v) is 12.2. The number of likely N-dealkylation sites (tertiary alicyclic amines) is 1. The fraction of sp³-hybridized carbons (Fsp3) is 0.833. The normalized spacial score (nSPS) is 24.3. The molecule has 0 bridgehead atoms. The van der Waals surface area contributed by atoms with Gasteiger partial charge in [0.05, 0.1) is 6.10 Å². The molecule has 3 atom stereocenters. The Morgan fingerprint density at radius 1 is 1.53 bits per heavy atom. The maximum absolute atomic E-state index is 12.0. The van der Waals surface area contributed by atoms with Crippen molar-refractivity contribution in [3.8, 4) is 0 Å². The second kappa shape index (κ2) is 7.59. The molecule has 0 aromatic carbocycles. The summed E-state index contributed by atoms with van der Waals surface area (Å²) in [5.74, 6) is 0.934. The molecule has 6 nitrogen and oxygen atoms in total. The highest BCUT2D eigenvalue weighted by Gasteiger charge is 2.39. The van der Waals surface area contributed by atoms with Gasteiger partial charge in [-0.1, -0.05) is 6.92 Å². The number of β-amino-alcohol motifs (C(OH)–C–C–N with tert-alkyl or cyclic N) is 1. The van der Waals surface area contributed by atoms with Crippen molar-refractivity contribution in [1.29, 1.82) is 0 Å². The van der Waals surface area contributed by atoms with Crippen LogP contribution >= 0.6 is 11.8 Å². The molecule has 1 unspecified atom stereocenters. The van der Waals surface area contributed by atoms with Crippen molar-refractivity contribution in [1.82, 2.24) is 10.2 Å². The van der Waals surface area contributed by atoms with E-state index in [1.54, 1.807) is 11.8 Å². The van der Waals surface area contributed by atoms with Crippen LogP contribution in [0.5, 0.6) is 0 Å². The lowest BCUT2D eigenvalue weighted by Crippen LogP contribution is -2.48. The number of aliphatic carboxylic acids is 1. The molecule has 0 saturated carbocycles. The van der Waals surface area contributed by atoms with Gasteiger partial charge in [-0.15, -0.1) is 0 Å². The first-order chi connectivity index (χ1) is 8.95. The van der Waals surface area contributed by atoms with Gasteiger partial charge in [0.2, 0.25) is 0 Å². The highest BCUT2D eigenvalue weighted by Crippen LogP contribution is 2.18. The van der Waals surface area contributed by atoms with E-state index >= 15 is 0 Å². The Morgan fingerprint density at radius 2 is 2.21 bits per heavy atom. The summed E-state index contributed by atoms with van der Waals surface area (Å²) in [5.41, 5.74) is 0. The van der Waals surface area contributed by atoms with Gasteiger partial charge in [-0.2, -0.15) is 11.8 Å². The molecule has 0 aliphatic carbocycles. The number of carboxylic acid groups (broad SMARTS) is 1. The fourth-order valence-corrected chi connectivity index (χ4v) is 2.85. The summed E-state index contributed by atoms with van der Waals surface area (Å²) < 4.78 is 0. The lowest BCUT2D eigenvalue weighted by molar-refractivity contribution is -0.141. The number of carboxylic acids is 1. The number of carbonyl (C=O) groups is 2. The second-order valence-corrected chi connectivity index (χ2v) is 6.13. The van der Waals surface area contributed by atoms with E-state index in [1.165, 1.54) is 4.90 Å². The van der Waals surface area contributed by atoms with Gasteiger partial charge in [0, 0.05) is 19.0 Å². The molecule has 0 radical (unpaired) electrons. The molecule has 3 N–H and O–H groups in total. The van der Waals surface area contributed by atoms with E-state index in [-0.39, 0.29) is 19.0 Å². The van der Waals surface area contributed by atoms with Crippen molar-refractivity contribution >= 4 is 23.8 Å². The Bertz CT molecular complexity index is 327. The minimum Gasteiger partial charge on any atom is -0.480 e. The maximum Gasteiger partial charge on any atom is 0.326 e. The molecule has 1 aliphatic rings. The molecule has 19 heavy (non-hydrogen) atoms. The fourth-order valence-electron chi connectivity index (χ4n) is 2.04. The minimum absolute atomic E-state index is 0.00117. The number of aliphatic hydroxyl groups excluding tert-OH is 1. The van der Waals surface area contributed by atoms with Crippen LogP contribution in [0.15, 0.2) is 0 Å². The van der Waals surface area contributed by atoms with Crippen molar-refractivity contribution in [2.75, 3.05) is 18.1 Å². The number of amides is 2. The van der Waals surface area contributed by atoms with Crippen LogP contribution in [0.4, 0.5) is 4.79 Å². The third-order valence-corrected chi connectivity index (χ3v) is 4.03. The number of urea groups is 1. The van der Waals surface area contributed by atoms with Gasteiger partial charge in [-0.25, -0.2) is 9.59 Å². The Morgan fingerprint density at radius 3 is 2.79 bits per heavy atom. The molecule has 1 heterocycles. The van der Waals surface area contributed by atoms with Gasteiger partial charge >= 0.3 is 12.0 Å². The smallest absolute Gasteiger partial charge is 0.326 e. The number of thioether (sulfide) groups is 1. The van der Waals surface area contributed by atoms with Crippen LogP contribution in [-0.4, -0.2) is 63.4 Å². The van der Waals surface area contributed by atoms with E-state index in [1.807, 2.05) is 6.92 Å². The molecule has 0 spiro atoms. The van der Waals surface area contributed by atoms with Crippen LogP contribution in [-0.2, 0) is 4.79 Å². The van der Waals surface area contributed by atoms with E-state index in [0.29, 0.717) is 0 Å². The SMILES string of the molecule is CCSCCC(C)NC(=O)N1C[C@@H](O)C[C@H]1C(=O)O. The van der Waals surface area contributed by atoms with Crippen molar-refractivity contribution in [3.63, 3.8) is 0 Å². The van der Waals surface area contributed by atoms with Gasteiger partial charge in [-0.05, 0) is 24.9 Å². The molecule has 0 aromatic heterocycles. The third kappa shape index (κ3) is 4.91. The van der Waals surface area contributed by atoms with E-state index in [0.717, 1.165) is 17.9 Å².